The summed E-state index contributed by atoms with van der Waals surface area (Å²) >= 11 is 0. The van der Waals surface area contributed by atoms with Gasteiger partial charge in [0, 0.05) is 11.8 Å². The minimum atomic E-state index is -0.583. The van der Waals surface area contributed by atoms with Crippen LogP contribution in [0.15, 0.2) is 23.8 Å². The van der Waals surface area contributed by atoms with E-state index in [-0.39, 0.29) is 12.5 Å². The van der Waals surface area contributed by atoms with Crippen LogP contribution in [0.5, 0.6) is 0 Å². The number of esters is 1. The van der Waals surface area contributed by atoms with Gasteiger partial charge in [0.05, 0.1) is 6.54 Å². The van der Waals surface area contributed by atoms with Crippen LogP contribution in [-0.2, 0) is 19.1 Å². The topological polar surface area (TPSA) is 84.5 Å². The molecule has 2 N–H and O–H groups in total. The first-order valence-corrected chi connectivity index (χ1v) is 7.65. The fourth-order valence-electron chi connectivity index (χ4n) is 2.20. The normalized spacial score (nSPS) is 9.88. The maximum absolute atomic E-state index is 11.9. The average Bonchev–Trinajstić information content (AvgIpc) is 2.46. The molecule has 0 unspecified atom stereocenters. The highest BCUT2D eigenvalue weighted by molar-refractivity contribution is 5.96. The second-order valence-corrected chi connectivity index (χ2v) is 5.93. The van der Waals surface area contributed by atoms with Crippen LogP contribution in [-0.4, -0.2) is 30.9 Å². The second-order valence-electron chi connectivity index (χ2n) is 5.93. The monoisotopic (exact) mass is 332 g/mol. The van der Waals surface area contributed by atoms with Gasteiger partial charge in [-0.25, -0.2) is 4.79 Å². The maximum Gasteiger partial charge on any atom is 0.331 e. The van der Waals surface area contributed by atoms with E-state index in [4.69, 9.17) is 4.74 Å². The number of anilines is 1. The van der Waals surface area contributed by atoms with E-state index in [9.17, 15) is 14.4 Å². The van der Waals surface area contributed by atoms with Gasteiger partial charge in [0.25, 0.3) is 5.91 Å². The van der Waals surface area contributed by atoms with Gasteiger partial charge in [-0.05, 0) is 45.7 Å². The van der Waals surface area contributed by atoms with E-state index in [1.54, 1.807) is 13.8 Å². The molecule has 130 valence electrons. The number of aryl methyl sites for hydroxylation is 3. The lowest BCUT2D eigenvalue weighted by Crippen LogP contribution is -2.35. The Kier molecular flexibility index (Phi) is 7.17. The molecule has 0 fully saturated rings. The largest absolute Gasteiger partial charge is 0.452 e. The number of hydrogen-bond donors (Lipinski definition) is 2. The lowest BCUT2D eigenvalue weighted by atomic mass is 10.1. The molecular weight excluding hydrogens is 308 g/mol. The van der Waals surface area contributed by atoms with Crippen molar-refractivity contribution < 1.29 is 19.1 Å². The van der Waals surface area contributed by atoms with Gasteiger partial charge >= 0.3 is 5.97 Å². The van der Waals surface area contributed by atoms with Crippen molar-refractivity contribution in [3.63, 3.8) is 0 Å². The Morgan fingerprint density at radius 2 is 1.62 bits per heavy atom. The van der Waals surface area contributed by atoms with Crippen molar-refractivity contribution in [1.29, 1.82) is 0 Å². The fraction of sp³-hybridized carbons (Fsp3) is 0.389. The van der Waals surface area contributed by atoms with Crippen LogP contribution >= 0.6 is 0 Å². The van der Waals surface area contributed by atoms with Crippen LogP contribution in [0.25, 0.3) is 0 Å². The first kappa shape index (κ1) is 19.4. The first-order chi connectivity index (χ1) is 11.2. The minimum absolute atomic E-state index is 0.189. The molecule has 0 radical (unpaired) electrons. The zero-order valence-corrected chi connectivity index (χ0v) is 14.8. The SMILES string of the molecule is CC(C)=CC(=O)OCC(=O)NCC(=O)Nc1c(C)cc(C)cc1C. The molecule has 0 heterocycles. The van der Waals surface area contributed by atoms with Crippen LogP contribution in [0, 0.1) is 20.8 Å². The number of rotatable bonds is 6. The number of ether oxygens (including phenoxy) is 1. The lowest BCUT2D eigenvalue weighted by Gasteiger charge is -2.13. The average molecular weight is 332 g/mol. The summed E-state index contributed by atoms with van der Waals surface area (Å²) in [5.41, 5.74) is 4.57. The molecular formula is C18H24N2O4. The quantitative estimate of drug-likeness (QED) is 0.618. The molecule has 0 aliphatic rings. The summed E-state index contributed by atoms with van der Waals surface area (Å²) in [7, 11) is 0. The van der Waals surface area contributed by atoms with E-state index in [2.05, 4.69) is 10.6 Å². The lowest BCUT2D eigenvalue weighted by molar-refractivity contribution is -0.144. The number of allylic oxidation sites excluding steroid dienone is 1. The predicted octanol–water partition coefficient (Wildman–Crippen LogP) is 2.18. The molecule has 0 atom stereocenters. The number of carbonyl (C=O) groups excluding carboxylic acids is 3. The zero-order valence-electron chi connectivity index (χ0n) is 14.8. The summed E-state index contributed by atoms with van der Waals surface area (Å²) in [6.45, 7) is 8.71. The van der Waals surface area contributed by atoms with Crippen LogP contribution in [0.2, 0.25) is 0 Å². The van der Waals surface area contributed by atoms with Crippen molar-refractivity contribution in [3.05, 3.63) is 40.5 Å². The molecule has 1 aromatic rings. The summed E-state index contributed by atoms with van der Waals surface area (Å²) in [6, 6.07) is 3.95. The van der Waals surface area contributed by atoms with Gasteiger partial charge in [0.1, 0.15) is 0 Å². The van der Waals surface area contributed by atoms with E-state index >= 15 is 0 Å². The molecule has 6 heteroatoms. The summed E-state index contributed by atoms with van der Waals surface area (Å²) in [4.78, 5) is 34.8. The van der Waals surface area contributed by atoms with E-state index in [0.717, 1.165) is 28.0 Å². The molecule has 0 aromatic heterocycles. The Hall–Kier alpha value is -2.63. The van der Waals surface area contributed by atoms with E-state index in [0.29, 0.717) is 0 Å². The Morgan fingerprint density at radius 3 is 2.17 bits per heavy atom. The first-order valence-electron chi connectivity index (χ1n) is 7.65. The van der Waals surface area contributed by atoms with Crippen LogP contribution in [0.3, 0.4) is 0 Å². The van der Waals surface area contributed by atoms with E-state index < -0.39 is 18.5 Å². The highest BCUT2D eigenvalue weighted by Gasteiger charge is 2.10. The molecule has 0 aliphatic carbocycles. The van der Waals surface area contributed by atoms with Crippen molar-refractivity contribution >= 4 is 23.5 Å². The highest BCUT2D eigenvalue weighted by atomic mass is 16.5. The highest BCUT2D eigenvalue weighted by Crippen LogP contribution is 2.21. The maximum atomic E-state index is 11.9. The molecule has 1 rings (SSSR count). The van der Waals surface area contributed by atoms with Crippen LogP contribution in [0.1, 0.15) is 30.5 Å². The zero-order chi connectivity index (χ0) is 18.3. The number of hydrogen-bond acceptors (Lipinski definition) is 4. The molecule has 2 amide bonds. The molecule has 0 saturated heterocycles. The summed E-state index contributed by atoms with van der Waals surface area (Å²) in [5.74, 6) is -1.45. The predicted molar refractivity (Wildman–Crippen MR) is 92.7 cm³/mol. The number of amides is 2. The van der Waals surface area contributed by atoms with E-state index in [1.165, 1.54) is 6.08 Å². The Bertz CT molecular complexity index is 651. The summed E-state index contributed by atoms with van der Waals surface area (Å²) in [6.07, 6.45) is 1.29. The molecule has 1 aromatic carbocycles. The third-order valence-corrected chi connectivity index (χ3v) is 3.14. The van der Waals surface area contributed by atoms with Crippen molar-refractivity contribution in [2.24, 2.45) is 0 Å². The number of benzene rings is 1. The van der Waals surface area contributed by atoms with Crippen LogP contribution < -0.4 is 10.6 Å². The van der Waals surface area contributed by atoms with Crippen molar-refractivity contribution in [1.82, 2.24) is 5.32 Å². The fourth-order valence-corrected chi connectivity index (χ4v) is 2.20. The molecule has 6 nitrogen and oxygen atoms in total. The number of nitrogens with one attached hydrogen (secondary N) is 2. The molecule has 0 bridgehead atoms. The molecule has 24 heavy (non-hydrogen) atoms. The van der Waals surface area contributed by atoms with Gasteiger partial charge in [-0.1, -0.05) is 23.3 Å². The van der Waals surface area contributed by atoms with E-state index in [1.807, 2.05) is 32.9 Å². The van der Waals surface area contributed by atoms with Gasteiger partial charge < -0.3 is 15.4 Å². The van der Waals surface area contributed by atoms with Crippen molar-refractivity contribution in [2.45, 2.75) is 34.6 Å². The molecule has 0 spiro atoms. The van der Waals surface area contributed by atoms with Crippen molar-refractivity contribution in [2.75, 3.05) is 18.5 Å². The molecule has 0 saturated carbocycles. The minimum Gasteiger partial charge on any atom is -0.452 e. The van der Waals surface area contributed by atoms with Gasteiger partial charge in [-0.2, -0.15) is 0 Å². The number of carbonyl (C=O) groups is 3. The second kappa shape index (κ2) is 8.86. The van der Waals surface area contributed by atoms with Crippen LogP contribution in [0.4, 0.5) is 5.69 Å². The van der Waals surface area contributed by atoms with Gasteiger partial charge in [-0.15, -0.1) is 0 Å². The standard InChI is InChI=1S/C18H24N2O4/c1-11(2)6-17(23)24-10-16(22)19-9-15(21)20-18-13(4)7-12(3)8-14(18)5/h6-8H,9-10H2,1-5H3,(H,19,22)(H,20,21). The smallest absolute Gasteiger partial charge is 0.331 e. The Morgan fingerprint density at radius 1 is 1.04 bits per heavy atom. The van der Waals surface area contributed by atoms with Gasteiger partial charge in [0.2, 0.25) is 5.91 Å². The van der Waals surface area contributed by atoms with Gasteiger partial charge in [0.15, 0.2) is 6.61 Å². The van der Waals surface area contributed by atoms with Crippen molar-refractivity contribution in [3.8, 4) is 0 Å². The summed E-state index contributed by atoms with van der Waals surface area (Å²) in [5, 5.41) is 5.19. The Labute approximate surface area is 142 Å². The molecule has 0 aliphatic heterocycles. The van der Waals surface area contributed by atoms with Gasteiger partial charge in [-0.3, -0.25) is 9.59 Å². The third-order valence-electron chi connectivity index (χ3n) is 3.14. The Balaban J connectivity index is 2.45. The third kappa shape index (κ3) is 6.64. The summed E-state index contributed by atoms with van der Waals surface area (Å²) < 4.78 is 4.76.